The van der Waals surface area contributed by atoms with E-state index in [0.29, 0.717) is 37.5 Å². The maximum Gasteiger partial charge on any atom is 0.356 e. The number of aliphatic carboxylic acids is 1. The first-order valence-corrected chi connectivity index (χ1v) is 10.9. The number of carboxylic acid groups (broad SMARTS) is 1. The van der Waals surface area contributed by atoms with Crippen LogP contribution in [0.4, 0.5) is 0 Å². The molecular weight excluding hydrogens is 416 g/mol. The van der Waals surface area contributed by atoms with Crippen LogP contribution in [0.2, 0.25) is 0 Å². The molecule has 1 rings (SSSR count). The van der Waals surface area contributed by atoms with E-state index in [4.69, 9.17) is 4.74 Å². The highest BCUT2D eigenvalue weighted by molar-refractivity contribution is 5.85. The molecule has 0 aromatic heterocycles. The van der Waals surface area contributed by atoms with Gasteiger partial charge in [0.05, 0.1) is 0 Å². The van der Waals surface area contributed by atoms with Gasteiger partial charge in [-0.3, -0.25) is 9.69 Å². The van der Waals surface area contributed by atoms with Crippen LogP contribution in [-0.2, 0) is 26.6 Å². The van der Waals surface area contributed by atoms with Crippen LogP contribution in [0.5, 0.6) is 0 Å². The lowest BCUT2D eigenvalue weighted by atomic mass is 9.98. The van der Waals surface area contributed by atoms with Gasteiger partial charge in [-0.15, -0.1) is 12.4 Å². The number of carboxylic acids is 1. The Morgan fingerprint density at radius 2 is 1.77 bits per heavy atom. The molecule has 1 aromatic rings. The Bertz CT molecular complexity index is 687. The number of amides is 1. The minimum absolute atomic E-state index is 0. The minimum Gasteiger partial charge on any atom is -0.478 e. The molecule has 7 heteroatoms. The molecule has 0 heterocycles. The summed E-state index contributed by atoms with van der Waals surface area (Å²) in [5, 5.41) is 12.8. The van der Waals surface area contributed by atoms with Crippen LogP contribution in [0.25, 0.3) is 0 Å². The molecule has 0 aliphatic rings. The van der Waals surface area contributed by atoms with Gasteiger partial charge in [-0.05, 0) is 43.8 Å². The van der Waals surface area contributed by atoms with E-state index in [1.165, 1.54) is 7.11 Å². The van der Waals surface area contributed by atoms with Gasteiger partial charge < -0.3 is 15.2 Å². The first kappa shape index (κ1) is 29.1. The molecular formula is C24H39ClN2O4. The normalized spacial score (nSPS) is 13.3. The molecule has 31 heavy (non-hydrogen) atoms. The Kier molecular flexibility index (Phi) is 14.1. The molecule has 0 aliphatic heterocycles. The Morgan fingerprint density at radius 1 is 1.16 bits per heavy atom. The SMILES string of the molecule is CCN(CC)C(OC)(C(=O)O)c1ccc(CNC(=O)CCCCC=CC(C)C)cc1.Cl. The van der Waals surface area contributed by atoms with E-state index in [2.05, 4.69) is 31.3 Å². The van der Waals surface area contributed by atoms with Gasteiger partial charge in [0.2, 0.25) is 11.6 Å². The topological polar surface area (TPSA) is 78.9 Å². The second-order valence-electron chi connectivity index (χ2n) is 7.72. The van der Waals surface area contributed by atoms with Gasteiger partial charge in [-0.1, -0.05) is 64.1 Å². The molecule has 0 spiro atoms. The largest absolute Gasteiger partial charge is 0.478 e. The maximum atomic E-state index is 12.1. The number of ether oxygens (including phenoxy) is 1. The highest BCUT2D eigenvalue weighted by Gasteiger charge is 2.45. The van der Waals surface area contributed by atoms with Crippen LogP contribution >= 0.6 is 12.4 Å². The Hall–Kier alpha value is -1.89. The molecule has 0 radical (unpaired) electrons. The maximum absolute atomic E-state index is 12.1. The first-order valence-electron chi connectivity index (χ1n) is 10.9. The number of nitrogens with one attached hydrogen (secondary N) is 1. The van der Waals surface area contributed by atoms with Gasteiger partial charge in [0.1, 0.15) is 0 Å². The van der Waals surface area contributed by atoms with Crippen LogP contribution in [-0.4, -0.2) is 42.1 Å². The Balaban J connectivity index is 0.00000900. The van der Waals surface area contributed by atoms with Crippen molar-refractivity contribution in [1.82, 2.24) is 10.2 Å². The molecule has 1 aromatic carbocycles. The molecule has 1 amide bonds. The number of halogens is 1. The summed E-state index contributed by atoms with van der Waals surface area (Å²) >= 11 is 0. The van der Waals surface area contributed by atoms with Crippen molar-refractivity contribution < 1.29 is 19.4 Å². The third-order valence-corrected chi connectivity index (χ3v) is 5.17. The summed E-state index contributed by atoms with van der Waals surface area (Å²) in [4.78, 5) is 25.9. The molecule has 0 bridgehead atoms. The quantitative estimate of drug-likeness (QED) is 0.241. The van der Waals surface area contributed by atoms with E-state index < -0.39 is 11.7 Å². The standard InChI is InChI=1S/C24H38N2O4.ClH/c1-6-26(7-2)24(30-5,23(28)29)21-16-14-20(15-17-21)18-25-22(27)13-11-9-8-10-12-19(3)4;/h10,12,14-17,19H,6-9,11,13,18H2,1-5H3,(H,25,27)(H,28,29);1H. The highest BCUT2D eigenvalue weighted by atomic mass is 35.5. The monoisotopic (exact) mass is 454 g/mol. The number of hydrogen-bond donors (Lipinski definition) is 2. The summed E-state index contributed by atoms with van der Waals surface area (Å²) in [6.45, 7) is 9.62. The predicted molar refractivity (Wildman–Crippen MR) is 127 cm³/mol. The zero-order chi connectivity index (χ0) is 22.6. The van der Waals surface area contributed by atoms with Gasteiger partial charge >= 0.3 is 5.97 Å². The average Bonchev–Trinajstić information content (AvgIpc) is 2.73. The Morgan fingerprint density at radius 3 is 2.26 bits per heavy atom. The summed E-state index contributed by atoms with van der Waals surface area (Å²) in [5.74, 6) is -0.443. The number of rotatable bonds is 14. The lowest BCUT2D eigenvalue weighted by Crippen LogP contribution is -2.53. The van der Waals surface area contributed by atoms with Crippen LogP contribution in [0, 0.1) is 5.92 Å². The number of methoxy groups -OCH3 is 1. The number of nitrogens with zero attached hydrogens (tertiary/aromatic N) is 1. The molecule has 0 saturated heterocycles. The van der Waals surface area contributed by atoms with E-state index in [-0.39, 0.29) is 18.3 Å². The molecule has 0 aliphatic carbocycles. The van der Waals surface area contributed by atoms with Gasteiger partial charge in [0.15, 0.2) is 0 Å². The van der Waals surface area contributed by atoms with Crippen molar-refractivity contribution in [3.63, 3.8) is 0 Å². The summed E-state index contributed by atoms with van der Waals surface area (Å²) in [6.07, 6.45) is 7.76. The molecule has 0 saturated carbocycles. The van der Waals surface area contributed by atoms with Crippen molar-refractivity contribution in [2.45, 2.75) is 65.6 Å². The number of likely N-dealkylation sites (N-methyl/N-ethyl adjacent to an activating group) is 1. The second-order valence-corrected chi connectivity index (χ2v) is 7.72. The number of hydrogen-bond acceptors (Lipinski definition) is 4. The summed E-state index contributed by atoms with van der Waals surface area (Å²) in [6, 6.07) is 7.20. The fraction of sp³-hybridized carbons (Fsp3) is 0.583. The fourth-order valence-electron chi connectivity index (χ4n) is 3.50. The van der Waals surface area contributed by atoms with Crippen LogP contribution in [0.1, 0.15) is 64.5 Å². The minimum atomic E-state index is -1.52. The lowest BCUT2D eigenvalue weighted by Gasteiger charge is -2.38. The van der Waals surface area contributed by atoms with E-state index in [1.54, 1.807) is 17.0 Å². The van der Waals surface area contributed by atoms with Gasteiger partial charge in [0, 0.05) is 25.6 Å². The van der Waals surface area contributed by atoms with Gasteiger partial charge in [-0.25, -0.2) is 4.79 Å². The number of allylic oxidation sites excluding steroid dienone is 2. The van der Waals surface area contributed by atoms with E-state index in [1.807, 2.05) is 26.0 Å². The smallest absolute Gasteiger partial charge is 0.356 e. The van der Waals surface area contributed by atoms with Crippen molar-refractivity contribution in [3.05, 3.63) is 47.5 Å². The lowest BCUT2D eigenvalue weighted by molar-refractivity contribution is -0.194. The van der Waals surface area contributed by atoms with Crippen molar-refractivity contribution in [3.8, 4) is 0 Å². The molecule has 6 nitrogen and oxygen atoms in total. The van der Waals surface area contributed by atoms with Crippen LogP contribution in [0.3, 0.4) is 0 Å². The molecule has 0 fully saturated rings. The molecule has 2 N–H and O–H groups in total. The zero-order valence-electron chi connectivity index (χ0n) is 19.5. The van der Waals surface area contributed by atoms with E-state index >= 15 is 0 Å². The highest BCUT2D eigenvalue weighted by Crippen LogP contribution is 2.30. The molecule has 176 valence electrons. The van der Waals surface area contributed by atoms with E-state index in [9.17, 15) is 14.7 Å². The van der Waals surface area contributed by atoms with Crippen molar-refractivity contribution in [1.29, 1.82) is 0 Å². The van der Waals surface area contributed by atoms with Crippen molar-refractivity contribution in [2.75, 3.05) is 20.2 Å². The van der Waals surface area contributed by atoms with Crippen LogP contribution in [0.15, 0.2) is 36.4 Å². The third-order valence-electron chi connectivity index (χ3n) is 5.17. The average molecular weight is 455 g/mol. The van der Waals surface area contributed by atoms with Gasteiger partial charge in [0.25, 0.3) is 0 Å². The predicted octanol–water partition coefficient (Wildman–Crippen LogP) is 4.72. The van der Waals surface area contributed by atoms with Crippen LogP contribution < -0.4 is 5.32 Å². The Labute approximate surface area is 193 Å². The molecule has 1 unspecified atom stereocenters. The fourth-order valence-corrected chi connectivity index (χ4v) is 3.50. The second kappa shape index (κ2) is 15.0. The zero-order valence-corrected chi connectivity index (χ0v) is 20.3. The summed E-state index contributed by atoms with van der Waals surface area (Å²) in [5.41, 5.74) is -0.0393. The first-order chi connectivity index (χ1) is 14.3. The number of unbranched alkanes of at least 4 members (excludes halogenated alkanes) is 2. The van der Waals surface area contributed by atoms with Crippen molar-refractivity contribution in [2.24, 2.45) is 5.92 Å². The number of carbonyl (C=O) groups is 2. The van der Waals surface area contributed by atoms with E-state index in [0.717, 1.165) is 24.8 Å². The molecule has 1 atom stereocenters. The van der Waals surface area contributed by atoms with Gasteiger partial charge in [-0.2, -0.15) is 0 Å². The summed E-state index contributed by atoms with van der Waals surface area (Å²) in [7, 11) is 1.42. The van der Waals surface area contributed by atoms with Crippen molar-refractivity contribution >= 4 is 24.3 Å². The number of carbonyl (C=O) groups excluding carboxylic acids is 1. The third kappa shape index (κ3) is 8.63. The summed E-state index contributed by atoms with van der Waals surface area (Å²) < 4.78 is 5.50. The number of benzene rings is 1.